The summed E-state index contributed by atoms with van der Waals surface area (Å²) in [5.41, 5.74) is 6.00. The molecule has 0 aliphatic heterocycles. The standard InChI is InChI=1S/C25H30N2O/c1-18-23(20-10-8-7-9-11-20)27-21-13-12-19(16-22(21)26-18)14-15-24(2,3)25(4,5)17-28-6/h7-16H,17H2,1-6H3/b15-14+. The molecule has 0 aliphatic rings. The predicted molar refractivity (Wildman–Crippen MR) is 118 cm³/mol. The lowest BCUT2D eigenvalue weighted by molar-refractivity contribution is 0.0390. The van der Waals surface area contributed by atoms with Gasteiger partial charge in [0.2, 0.25) is 0 Å². The maximum absolute atomic E-state index is 5.41. The van der Waals surface area contributed by atoms with E-state index in [2.05, 4.69) is 70.2 Å². The molecule has 3 nitrogen and oxygen atoms in total. The maximum atomic E-state index is 5.41. The lowest BCUT2D eigenvalue weighted by atomic mass is 9.68. The number of benzene rings is 2. The van der Waals surface area contributed by atoms with E-state index in [4.69, 9.17) is 14.7 Å². The molecule has 0 saturated heterocycles. The van der Waals surface area contributed by atoms with Gasteiger partial charge in [-0.15, -0.1) is 0 Å². The van der Waals surface area contributed by atoms with Crippen molar-refractivity contribution in [2.45, 2.75) is 34.6 Å². The average molecular weight is 375 g/mol. The van der Waals surface area contributed by atoms with E-state index in [0.717, 1.165) is 40.2 Å². The fourth-order valence-corrected chi connectivity index (χ4v) is 3.21. The Kier molecular flexibility index (Phi) is 5.66. The molecule has 0 fully saturated rings. The minimum Gasteiger partial charge on any atom is -0.384 e. The van der Waals surface area contributed by atoms with E-state index in [-0.39, 0.29) is 10.8 Å². The molecule has 0 aliphatic carbocycles. The van der Waals surface area contributed by atoms with Crippen molar-refractivity contribution < 1.29 is 4.74 Å². The minimum absolute atomic E-state index is 0.00324. The lowest BCUT2D eigenvalue weighted by Crippen LogP contribution is -2.34. The molecule has 0 N–H and O–H groups in total. The van der Waals surface area contributed by atoms with Crippen LogP contribution in [0.3, 0.4) is 0 Å². The van der Waals surface area contributed by atoms with Crippen LogP contribution < -0.4 is 0 Å². The number of fused-ring (bicyclic) bond motifs is 1. The van der Waals surface area contributed by atoms with Crippen molar-refractivity contribution in [3.8, 4) is 11.3 Å². The third kappa shape index (κ3) is 4.15. The molecule has 1 aromatic heterocycles. The second-order valence-corrected chi connectivity index (χ2v) is 8.64. The number of hydrogen-bond acceptors (Lipinski definition) is 3. The Morgan fingerprint density at radius 3 is 2.32 bits per heavy atom. The molecule has 0 amide bonds. The number of allylic oxidation sites excluding steroid dienone is 1. The predicted octanol–water partition coefficient (Wildman–Crippen LogP) is 6.32. The molecule has 0 saturated carbocycles. The Morgan fingerprint density at radius 1 is 0.929 bits per heavy atom. The molecule has 0 unspecified atom stereocenters. The highest BCUT2D eigenvalue weighted by molar-refractivity contribution is 5.80. The van der Waals surface area contributed by atoms with E-state index in [9.17, 15) is 0 Å². The quantitative estimate of drug-likeness (QED) is 0.506. The van der Waals surface area contributed by atoms with Crippen molar-refractivity contribution in [1.29, 1.82) is 0 Å². The Hall–Kier alpha value is -2.52. The molecule has 3 aromatic rings. The zero-order valence-electron chi connectivity index (χ0n) is 17.8. The summed E-state index contributed by atoms with van der Waals surface area (Å²) in [6, 6.07) is 16.5. The van der Waals surface area contributed by atoms with Crippen LogP contribution in [-0.4, -0.2) is 23.7 Å². The molecular weight excluding hydrogens is 344 g/mol. The van der Waals surface area contributed by atoms with E-state index >= 15 is 0 Å². The molecule has 2 aromatic carbocycles. The van der Waals surface area contributed by atoms with E-state index in [0.29, 0.717) is 0 Å². The van der Waals surface area contributed by atoms with Crippen LogP contribution in [0.15, 0.2) is 54.6 Å². The average Bonchev–Trinajstić information content (AvgIpc) is 2.66. The summed E-state index contributed by atoms with van der Waals surface area (Å²) in [7, 11) is 1.76. The highest BCUT2D eigenvalue weighted by atomic mass is 16.5. The van der Waals surface area contributed by atoms with Gasteiger partial charge in [-0.25, -0.2) is 9.97 Å². The summed E-state index contributed by atoms with van der Waals surface area (Å²) >= 11 is 0. The van der Waals surface area contributed by atoms with Crippen LogP contribution in [0.1, 0.15) is 39.0 Å². The topological polar surface area (TPSA) is 35.0 Å². The van der Waals surface area contributed by atoms with Gasteiger partial charge >= 0.3 is 0 Å². The molecule has 0 atom stereocenters. The van der Waals surface area contributed by atoms with Gasteiger partial charge in [0, 0.05) is 12.7 Å². The van der Waals surface area contributed by atoms with Crippen LogP contribution in [0.5, 0.6) is 0 Å². The third-order valence-electron chi connectivity index (χ3n) is 5.85. The van der Waals surface area contributed by atoms with Gasteiger partial charge in [-0.1, -0.05) is 76.2 Å². The van der Waals surface area contributed by atoms with Gasteiger partial charge in [0.05, 0.1) is 29.0 Å². The Balaban J connectivity index is 1.93. The van der Waals surface area contributed by atoms with Crippen LogP contribution in [0.4, 0.5) is 0 Å². The number of methoxy groups -OCH3 is 1. The molecule has 146 valence electrons. The molecule has 0 spiro atoms. The number of hydrogen-bond donors (Lipinski definition) is 0. The first-order valence-corrected chi connectivity index (χ1v) is 9.75. The first-order chi connectivity index (χ1) is 13.2. The van der Waals surface area contributed by atoms with Crippen LogP contribution in [0, 0.1) is 17.8 Å². The zero-order valence-corrected chi connectivity index (χ0v) is 17.8. The molecule has 0 radical (unpaired) electrons. The summed E-state index contributed by atoms with van der Waals surface area (Å²) in [5, 5.41) is 0. The fourth-order valence-electron chi connectivity index (χ4n) is 3.21. The number of ether oxygens (including phenoxy) is 1. The van der Waals surface area contributed by atoms with Gasteiger partial charge in [0.15, 0.2) is 0 Å². The van der Waals surface area contributed by atoms with Crippen molar-refractivity contribution >= 4 is 17.1 Å². The van der Waals surface area contributed by atoms with E-state index in [1.807, 2.05) is 25.1 Å². The monoisotopic (exact) mass is 374 g/mol. The molecule has 1 heterocycles. The Morgan fingerprint density at radius 2 is 1.64 bits per heavy atom. The number of aromatic nitrogens is 2. The van der Waals surface area contributed by atoms with Gasteiger partial charge in [-0.05, 0) is 35.4 Å². The second kappa shape index (κ2) is 7.84. The maximum Gasteiger partial charge on any atom is 0.0922 e. The first kappa shape index (κ1) is 20.2. The smallest absolute Gasteiger partial charge is 0.0922 e. The molecular formula is C25H30N2O. The summed E-state index contributed by atoms with van der Waals surface area (Å²) in [5.74, 6) is 0. The molecule has 28 heavy (non-hydrogen) atoms. The summed E-state index contributed by atoms with van der Waals surface area (Å²) in [6.45, 7) is 11.7. The minimum atomic E-state index is -0.00324. The summed E-state index contributed by atoms with van der Waals surface area (Å²) < 4.78 is 5.41. The largest absolute Gasteiger partial charge is 0.384 e. The van der Waals surface area contributed by atoms with Gasteiger partial charge in [0.25, 0.3) is 0 Å². The molecule has 3 rings (SSSR count). The zero-order chi connectivity index (χ0) is 20.4. The highest BCUT2D eigenvalue weighted by Crippen LogP contribution is 2.40. The summed E-state index contributed by atoms with van der Waals surface area (Å²) in [4.78, 5) is 9.67. The van der Waals surface area contributed by atoms with Crippen molar-refractivity contribution in [3.05, 3.63) is 65.9 Å². The molecule has 3 heteroatoms. The third-order valence-corrected chi connectivity index (χ3v) is 5.85. The summed E-state index contributed by atoms with van der Waals surface area (Å²) in [6.07, 6.45) is 4.45. The number of rotatable bonds is 6. The highest BCUT2D eigenvalue weighted by Gasteiger charge is 2.34. The van der Waals surface area contributed by atoms with Crippen LogP contribution in [0.25, 0.3) is 28.4 Å². The van der Waals surface area contributed by atoms with Crippen LogP contribution >= 0.6 is 0 Å². The van der Waals surface area contributed by atoms with E-state index in [1.165, 1.54) is 0 Å². The van der Waals surface area contributed by atoms with Gasteiger partial charge in [-0.2, -0.15) is 0 Å². The van der Waals surface area contributed by atoms with Crippen molar-refractivity contribution in [3.63, 3.8) is 0 Å². The first-order valence-electron chi connectivity index (χ1n) is 9.75. The van der Waals surface area contributed by atoms with Gasteiger partial charge in [-0.3, -0.25) is 0 Å². The van der Waals surface area contributed by atoms with Crippen LogP contribution in [0.2, 0.25) is 0 Å². The van der Waals surface area contributed by atoms with Crippen LogP contribution in [-0.2, 0) is 4.74 Å². The van der Waals surface area contributed by atoms with Crippen molar-refractivity contribution in [2.24, 2.45) is 10.8 Å². The number of nitrogens with zero attached hydrogens (tertiary/aromatic N) is 2. The van der Waals surface area contributed by atoms with Crippen molar-refractivity contribution in [2.75, 3.05) is 13.7 Å². The van der Waals surface area contributed by atoms with E-state index in [1.54, 1.807) is 7.11 Å². The second-order valence-electron chi connectivity index (χ2n) is 8.64. The Labute approximate surface area is 168 Å². The molecule has 0 bridgehead atoms. The lowest BCUT2D eigenvalue weighted by Gasteiger charge is -2.39. The van der Waals surface area contributed by atoms with E-state index < -0.39 is 0 Å². The van der Waals surface area contributed by atoms with Gasteiger partial charge < -0.3 is 4.74 Å². The normalized spacial score (nSPS) is 12.8. The fraction of sp³-hybridized carbons (Fsp3) is 0.360. The number of aryl methyl sites for hydroxylation is 1. The van der Waals surface area contributed by atoms with Gasteiger partial charge in [0.1, 0.15) is 0 Å². The SMILES string of the molecule is COCC(C)(C)C(C)(C)/C=C/c1ccc2nc(-c3ccccc3)c(C)nc2c1. The van der Waals surface area contributed by atoms with Crippen molar-refractivity contribution in [1.82, 2.24) is 9.97 Å². The Bertz CT molecular complexity index is 988.